The molecule has 0 saturated heterocycles. The van der Waals surface area contributed by atoms with E-state index in [1.807, 2.05) is 0 Å². The van der Waals surface area contributed by atoms with Gasteiger partial charge >= 0.3 is 0 Å². The summed E-state index contributed by atoms with van der Waals surface area (Å²) in [6.45, 7) is 10.9. The topological polar surface area (TPSA) is 24.1 Å². The second kappa shape index (κ2) is 6.41. The van der Waals surface area contributed by atoms with Gasteiger partial charge in [-0.05, 0) is 24.0 Å². The maximum atomic E-state index is 3.47. The Kier molecular flexibility index (Phi) is 5.17. The molecule has 2 nitrogen and oxygen atoms in total. The SMILES string of the molecule is CC(C)CNc1ccccc1NCC(C)C. The highest BCUT2D eigenvalue weighted by Crippen LogP contribution is 2.21. The van der Waals surface area contributed by atoms with Gasteiger partial charge in [-0.2, -0.15) is 0 Å². The van der Waals surface area contributed by atoms with E-state index in [1.165, 1.54) is 11.4 Å². The van der Waals surface area contributed by atoms with Crippen LogP contribution in [0.4, 0.5) is 11.4 Å². The van der Waals surface area contributed by atoms with Crippen LogP contribution < -0.4 is 10.6 Å². The molecule has 1 aromatic rings. The molecule has 16 heavy (non-hydrogen) atoms. The quantitative estimate of drug-likeness (QED) is 0.761. The number of benzene rings is 1. The molecule has 0 aliphatic carbocycles. The summed E-state index contributed by atoms with van der Waals surface area (Å²) >= 11 is 0. The van der Waals surface area contributed by atoms with E-state index in [9.17, 15) is 0 Å². The van der Waals surface area contributed by atoms with Crippen LogP contribution in [0.15, 0.2) is 24.3 Å². The number of hydrogen-bond donors (Lipinski definition) is 2. The van der Waals surface area contributed by atoms with Crippen molar-refractivity contribution in [3.8, 4) is 0 Å². The van der Waals surface area contributed by atoms with E-state index in [-0.39, 0.29) is 0 Å². The lowest BCUT2D eigenvalue weighted by atomic mass is 10.2. The van der Waals surface area contributed by atoms with Crippen LogP contribution in [0.2, 0.25) is 0 Å². The van der Waals surface area contributed by atoms with Gasteiger partial charge in [-0.15, -0.1) is 0 Å². The van der Waals surface area contributed by atoms with Gasteiger partial charge in [-0.1, -0.05) is 39.8 Å². The van der Waals surface area contributed by atoms with Crippen molar-refractivity contribution in [3.63, 3.8) is 0 Å². The normalized spacial score (nSPS) is 10.9. The first kappa shape index (κ1) is 12.9. The molecule has 0 aliphatic heterocycles. The Morgan fingerprint density at radius 1 is 0.812 bits per heavy atom. The summed E-state index contributed by atoms with van der Waals surface area (Å²) in [6, 6.07) is 8.41. The van der Waals surface area contributed by atoms with Crippen molar-refractivity contribution in [1.82, 2.24) is 0 Å². The van der Waals surface area contributed by atoms with Crippen LogP contribution in [0.3, 0.4) is 0 Å². The predicted molar refractivity (Wildman–Crippen MR) is 73.1 cm³/mol. The summed E-state index contributed by atoms with van der Waals surface area (Å²) in [5.74, 6) is 1.33. The monoisotopic (exact) mass is 220 g/mol. The van der Waals surface area contributed by atoms with E-state index >= 15 is 0 Å². The van der Waals surface area contributed by atoms with Gasteiger partial charge in [0, 0.05) is 13.1 Å². The van der Waals surface area contributed by atoms with Gasteiger partial charge in [0.1, 0.15) is 0 Å². The number of nitrogens with one attached hydrogen (secondary N) is 2. The third kappa shape index (κ3) is 4.56. The number of rotatable bonds is 6. The van der Waals surface area contributed by atoms with Crippen LogP contribution in [-0.2, 0) is 0 Å². The lowest BCUT2D eigenvalue weighted by Crippen LogP contribution is -2.12. The highest BCUT2D eigenvalue weighted by Gasteiger charge is 2.02. The molecule has 1 rings (SSSR count). The number of hydrogen-bond acceptors (Lipinski definition) is 2. The molecule has 90 valence electrons. The molecular formula is C14H24N2. The Bertz CT molecular complexity index is 274. The molecule has 0 bridgehead atoms. The van der Waals surface area contributed by atoms with Crippen LogP contribution in [0, 0.1) is 11.8 Å². The minimum absolute atomic E-state index is 0.665. The molecule has 2 heteroatoms. The lowest BCUT2D eigenvalue weighted by molar-refractivity contribution is 0.684. The summed E-state index contributed by atoms with van der Waals surface area (Å²) < 4.78 is 0. The van der Waals surface area contributed by atoms with E-state index in [0.29, 0.717) is 11.8 Å². The first-order valence-electron chi connectivity index (χ1n) is 6.16. The highest BCUT2D eigenvalue weighted by molar-refractivity contribution is 5.68. The number of para-hydroxylation sites is 2. The lowest BCUT2D eigenvalue weighted by Gasteiger charge is -2.16. The standard InChI is InChI=1S/C14H24N2/c1-11(2)9-15-13-7-5-6-8-14(13)16-10-12(3)4/h5-8,11-12,15-16H,9-10H2,1-4H3. The second-order valence-electron chi connectivity index (χ2n) is 5.10. The molecule has 0 aromatic heterocycles. The van der Waals surface area contributed by atoms with Crippen LogP contribution >= 0.6 is 0 Å². The van der Waals surface area contributed by atoms with Gasteiger partial charge in [0.05, 0.1) is 11.4 Å². The fourth-order valence-corrected chi connectivity index (χ4v) is 1.42. The van der Waals surface area contributed by atoms with Crippen LogP contribution in [0.5, 0.6) is 0 Å². The smallest absolute Gasteiger partial charge is 0.0576 e. The van der Waals surface area contributed by atoms with Crippen LogP contribution in [0.1, 0.15) is 27.7 Å². The molecule has 0 aliphatic rings. The van der Waals surface area contributed by atoms with E-state index in [4.69, 9.17) is 0 Å². The molecule has 0 radical (unpaired) electrons. The van der Waals surface area contributed by atoms with Gasteiger partial charge in [-0.3, -0.25) is 0 Å². The third-order valence-electron chi connectivity index (χ3n) is 2.33. The second-order valence-corrected chi connectivity index (χ2v) is 5.10. The molecule has 0 fully saturated rings. The van der Waals surface area contributed by atoms with Crippen molar-refractivity contribution in [2.45, 2.75) is 27.7 Å². The molecule has 0 saturated carbocycles. The van der Waals surface area contributed by atoms with Gasteiger partial charge in [0.2, 0.25) is 0 Å². The average molecular weight is 220 g/mol. The molecular weight excluding hydrogens is 196 g/mol. The summed E-state index contributed by atoms with van der Waals surface area (Å²) in [5, 5.41) is 6.95. The Labute approximate surface area is 99.5 Å². The molecule has 0 atom stereocenters. The summed E-state index contributed by atoms with van der Waals surface area (Å²) in [5.41, 5.74) is 2.41. The number of anilines is 2. The van der Waals surface area contributed by atoms with Crippen molar-refractivity contribution >= 4 is 11.4 Å². The average Bonchev–Trinajstić information content (AvgIpc) is 2.24. The Morgan fingerprint density at radius 2 is 1.19 bits per heavy atom. The first-order valence-corrected chi connectivity index (χ1v) is 6.16. The maximum Gasteiger partial charge on any atom is 0.0576 e. The maximum absolute atomic E-state index is 3.47. The van der Waals surface area contributed by atoms with Gasteiger partial charge in [0.15, 0.2) is 0 Å². The Morgan fingerprint density at radius 3 is 1.50 bits per heavy atom. The van der Waals surface area contributed by atoms with E-state index in [2.05, 4.69) is 62.6 Å². The molecule has 0 amide bonds. The third-order valence-corrected chi connectivity index (χ3v) is 2.33. The fourth-order valence-electron chi connectivity index (χ4n) is 1.42. The first-order chi connectivity index (χ1) is 7.59. The highest BCUT2D eigenvalue weighted by atomic mass is 15.0. The Hall–Kier alpha value is -1.18. The van der Waals surface area contributed by atoms with Crippen LogP contribution in [-0.4, -0.2) is 13.1 Å². The van der Waals surface area contributed by atoms with E-state index in [0.717, 1.165) is 13.1 Å². The van der Waals surface area contributed by atoms with E-state index < -0.39 is 0 Å². The van der Waals surface area contributed by atoms with Crippen molar-refractivity contribution in [2.24, 2.45) is 11.8 Å². The zero-order chi connectivity index (χ0) is 12.0. The van der Waals surface area contributed by atoms with Gasteiger partial charge in [-0.25, -0.2) is 0 Å². The van der Waals surface area contributed by atoms with Crippen molar-refractivity contribution < 1.29 is 0 Å². The van der Waals surface area contributed by atoms with Gasteiger partial charge < -0.3 is 10.6 Å². The molecule has 0 heterocycles. The van der Waals surface area contributed by atoms with Crippen molar-refractivity contribution in [1.29, 1.82) is 0 Å². The fraction of sp³-hybridized carbons (Fsp3) is 0.571. The zero-order valence-electron chi connectivity index (χ0n) is 10.9. The summed E-state index contributed by atoms with van der Waals surface area (Å²) in [7, 11) is 0. The molecule has 0 unspecified atom stereocenters. The zero-order valence-corrected chi connectivity index (χ0v) is 10.9. The minimum Gasteiger partial charge on any atom is -0.383 e. The molecule has 0 spiro atoms. The Balaban J connectivity index is 2.60. The minimum atomic E-state index is 0.665. The molecule has 1 aromatic carbocycles. The van der Waals surface area contributed by atoms with Crippen molar-refractivity contribution in [3.05, 3.63) is 24.3 Å². The summed E-state index contributed by atoms with van der Waals surface area (Å²) in [4.78, 5) is 0. The van der Waals surface area contributed by atoms with Crippen molar-refractivity contribution in [2.75, 3.05) is 23.7 Å². The van der Waals surface area contributed by atoms with E-state index in [1.54, 1.807) is 0 Å². The predicted octanol–water partition coefficient (Wildman–Crippen LogP) is 3.82. The molecule has 2 N–H and O–H groups in total. The van der Waals surface area contributed by atoms with Gasteiger partial charge in [0.25, 0.3) is 0 Å². The van der Waals surface area contributed by atoms with Crippen LogP contribution in [0.25, 0.3) is 0 Å². The summed E-state index contributed by atoms with van der Waals surface area (Å²) in [6.07, 6.45) is 0. The largest absolute Gasteiger partial charge is 0.383 e.